The topological polar surface area (TPSA) is 78.7 Å². The summed E-state index contributed by atoms with van der Waals surface area (Å²) in [5, 5.41) is 13.8. The molecule has 134 valence electrons. The Morgan fingerprint density at radius 2 is 1.92 bits per heavy atom. The molecule has 5 nitrogen and oxygen atoms in total. The number of nitrogens with zero attached hydrogens (tertiary/aromatic N) is 3. The quantitative estimate of drug-likeness (QED) is 0.626. The molecule has 0 saturated carbocycles. The third kappa shape index (κ3) is 3.96. The van der Waals surface area contributed by atoms with Gasteiger partial charge in [-0.15, -0.1) is 11.3 Å². The Bertz CT molecular complexity index is 853. The molecule has 0 fully saturated rings. The van der Waals surface area contributed by atoms with Crippen LogP contribution in [-0.4, -0.2) is 26.7 Å². The molecule has 0 aromatic carbocycles. The van der Waals surface area contributed by atoms with Gasteiger partial charge in [0.25, 0.3) is 0 Å². The second-order valence-electron chi connectivity index (χ2n) is 6.76. The third-order valence-electron chi connectivity index (χ3n) is 4.53. The first-order valence-electron chi connectivity index (χ1n) is 8.23. The van der Waals surface area contributed by atoms with E-state index in [-0.39, 0.29) is 17.1 Å². The number of hydrogen-bond donors (Lipinski definition) is 1. The highest BCUT2D eigenvalue weighted by Crippen LogP contribution is 2.36. The largest absolute Gasteiger partial charge is 0.337 e. The Hall–Kier alpha value is -1.65. The van der Waals surface area contributed by atoms with Crippen LogP contribution in [0.3, 0.4) is 0 Å². The summed E-state index contributed by atoms with van der Waals surface area (Å²) in [6, 6.07) is 2.21. The summed E-state index contributed by atoms with van der Waals surface area (Å²) in [6.45, 7) is 13.5. The van der Waals surface area contributed by atoms with E-state index < -0.39 is 5.54 Å². The van der Waals surface area contributed by atoms with Crippen molar-refractivity contribution in [2.24, 2.45) is 5.92 Å². The monoisotopic (exact) mass is 376 g/mol. The first-order chi connectivity index (χ1) is 11.6. The predicted octanol–water partition coefficient (Wildman–Crippen LogP) is 4.15. The minimum atomic E-state index is -0.877. The van der Waals surface area contributed by atoms with E-state index in [1.54, 1.807) is 18.3 Å². The summed E-state index contributed by atoms with van der Waals surface area (Å²) in [5.41, 5.74) is 0.289. The van der Waals surface area contributed by atoms with Crippen molar-refractivity contribution in [1.29, 1.82) is 5.26 Å². The highest BCUT2D eigenvalue weighted by Gasteiger charge is 2.32. The number of fused-ring (bicyclic) bond motifs is 1. The number of aryl methyl sites for hydroxylation is 3. The average Bonchev–Trinajstić information content (AvgIpc) is 2.81. The van der Waals surface area contributed by atoms with E-state index in [2.05, 4.69) is 35.2 Å². The van der Waals surface area contributed by atoms with Crippen LogP contribution in [0.5, 0.6) is 0 Å². The average molecular weight is 377 g/mol. The number of rotatable bonds is 5. The van der Waals surface area contributed by atoms with Crippen molar-refractivity contribution >= 4 is 39.2 Å². The molecular weight excluding hydrogens is 352 g/mol. The summed E-state index contributed by atoms with van der Waals surface area (Å²) >= 11 is 3.07. The van der Waals surface area contributed by atoms with Gasteiger partial charge in [0.05, 0.1) is 11.3 Å². The highest BCUT2D eigenvalue weighted by atomic mass is 32.2. The Kier molecular flexibility index (Phi) is 5.75. The molecule has 2 aromatic rings. The van der Waals surface area contributed by atoms with E-state index in [1.165, 1.54) is 22.2 Å². The van der Waals surface area contributed by atoms with Crippen LogP contribution in [0.2, 0.25) is 0 Å². The number of amides is 1. The first-order valence-corrected chi connectivity index (χ1v) is 9.93. The van der Waals surface area contributed by atoms with Gasteiger partial charge in [-0.1, -0.05) is 25.6 Å². The Labute approximate surface area is 157 Å². The van der Waals surface area contributed by atoms with E-state index >= 15 is 0 Å². The van der Waals surface area contributed by atoms with Crippen molar-refractivity contribution < 1.29 is 4.79 Å². The van der Waals surface area contributed by atoms with E-state index in [9.17, 15) is 10.1 Å². The Balaban J connectivity index is 2.29. The zero-order valence-corrected chi connectivity index (χ0v) is 17.4. The fourth-order valence-corrected chi connectivity index (χ4v) is 4.47. The normalized spacial score (nSPS) is 15.0. The molecule has 2 aromatic heterocycles. The third-order valence-corrected chi connectivity index (χ3v) is 6.72. The molecule has 0 unspecified atom stereocenters. The molecule has 2 atom stereocenters. The molecule has 2 rings (SSSR count). The summed E-state index contributed by atoms with van der Waals surface area (Å²) in [7, 11) is 0. The molecule has 1 N–H and O–H groups in total. The van der Waals surface area contributed by atoms with Crippen molar-refractivity contribution in [3.63, 3.8) is 0 Å². The van der Waals surface area contributed by atoms with Gasteiger partial charge >= 0.3 is 0 Å². The van der Waals surface area contributed by atoms with Crippen molar-refractivity contribution in [2.75, 3.05) is 0 Å². The molecule has 0 aliphatic rings. The molecule has 0 saturated heterocycles. The molecule has 25 heavy (non-hydrogen) atoms. The van der Waals surface area contributed by atoms with Crippen LogP contribution < -0.4 is 5.32 Å². The molecule has 0 aliphatic heterocycles. The standard InChI is InChI=1S/C18H24N4OS2/c1-9(2)18(7,8-19)22-15(23)12(5)25-17-14-10(3)11(4)24-16(14)20-13(6)21-17/h9,12H,1-7H3,(H,22,23)/t12-,18+/m0/s1. The summed E-state index contributed by atoms with van der Waals surface area (Å²) in [4.78, 5) is 23.9. The summed E-state index contributed by atoms with van der Waals surface area (Å²) < 4.78 is 0. The molecule has 2 heterocycles. The lowest BCUT2D eigenvalue weighted by Gasteiger charge is -2.28. The van der Waals surface area contributed by atoms with Gasteiger partial charge in [-0.25, -0.2) is 9.97 Å². The van der Waals surface area contributed by atoms with Crippen molar-refractivity contribution in [3.8, 4) is 6.07 Å². The van der Waals surface area contributed by atoms with Crippen LogP contribution >= 0.6 is 23.1 Å². The van der Waals surface area contributed by atoms with Crippen LogP contribution in [0.1, 0.15) is 44.0 Å². The van der Waals surface area contributed by atoms with Gasteiger partial charge in [-0.2, -0.15) is 5.26 Å². The van der Waals surface area contributed by atoms with E-state index in [4.69, 9.17) is 0 Å². The van der Waals surface area contributed by atoms with Gasteiger partial charge in [0.2, 0.25) is 5.91 Å². The Morgan fingerprint density at radius 1 is 1.28 bits per heavy atom. The highest BCUT2D eigenvalue weighted by molar-refractivity contribution is 8.00. The smallest absolute Gasteiger partial charge is 0.234 e. The van der Waals surface area contributed by atoms with E-state index in [1.807, 2.05) is 27.7 Å². The van der Waals surface area contributed by atoms with Crippen LogP contribution in [0.4, 0.5) is 0 Å². The zero-order chi connectivity index (χ0) is 18.9. The van der Waals surface area contributed by atoms with Crippen LogP contribution in [0.25, 0.3) is 10.2 Å². The number of carbonyl (C=O) groups is 1. The SMILES string of the molecule is Cc1nc(S[C@@H](C)C(=O)N[C@](C)(C#N)C(C)C)c2c(C)c(C)sc2n1. The molecule has 0 spiro atoms. The number of hydrogen-bond acceptors (Lipinski definition) is 6. The van der Waals surface area contributed by atoms with Crippen molar-refractivity contribution in [1.82, 2.24) is 15.3 Å². The minimum Gasteiger partial charge on any atom is -0.337 e. The lowest BCUT2D eigenvalue weighted by atomic mass is 9.90. The van der Waals surface area contributed by atoms with Crippen molar-refractivity contribution in [3.05, 3.63) is 16.3 Å². The number of thiophene rings is 1. The lowest BCUT2D eigenvalue weighted by Crippen LogP contribution is -2.51. The van der Waals surface area contributed by atoms with Crippen molar-refractivity contribution in [2.45, 2.75) is 64.3 Å². The summed E-state index contributed by atoms with van der Waals surface area (Å²) in [6.07, 6.45) is 0. The maximum absolute atomic E-state index is 12.6. The van der Waals surface area contributed by atoms with Crippen LogP contribution in [0, 0.1) is 38.0 Å². The lowest BCUT2D eigenvalue weighted by molar-refractivity contribution is -0.121. The molecule has 0 aliphatic carbocycles. The number of thioether (sulfide) groups is 1. The molecule has 1 amide bonds. The second kappa shape index (κ2) is 7.30. The molecule has 7 heteroatoms. The number of nitriles is 1. The van der Waals surface area contributed by atoms with E-state index in [0.717, 1.165) is 15.2 Å². The fourth-order valence-electron chi connectivity index (χ4n) is 2.28. The van der Waals surface area contributed by atoms with Crippen LogP contribution in [0.15, 0.2) is 5.03 Å². The van der Waals surface area contributed by atoms with Gasteiger partial charge in [0.15, 0.2) is 0 Å². The molecule has 0 radical (unpaired) electrons. The molecular formula is C18H24N4OS2. The van der Waals surface area contributed by atoms with Gasteiger partial charge in [0.1, 0.15) is 21.2 Å². The minimum absolute atomic E-state index is 0.0217. The summed E-state index contributed by atoms with van der Waals surface area (Å²) in [5.74, 6) is 0.568. The van der Waals surface area contributed by atoms with Gasteiger partial charge in [-0.3, -0.25) is 4.79 Å². The first kappa shape index (κ1) is 19.7. The predicted molar refractivity (Wildman–Crippen MR) is 104 cm³/mol. The maximum Gasteiger partial charge on any atom is 0.234 e. The number of aromatic nitrogens is 2. The second-order valence-corrected chi connectivity index (χ2v) is 9.29. The van der Waals surface area contributed by atoms with Gasteiger partial charge in [0, 0.05) is 10.3 Å². The van der Waals surface area contributed by atoms with Gasteiger partial charge < -0.3 is 5.32 Å². The Morgan fingerprint density at radius 3 is 2.48 bits per heavy atom. The maximum atomic E-state index is 12.6. The van der Waals surface area contributed by atoms with E-state index in [0.29, 0.717) is 5.82 Å². The van der Waals surface area contributed by atoms with Gasteiger partial charge in [-0.05, 0) is 46.1 Å². The zero-order valence-electron chi connectivity index (χ0n) is 15.7. The number of carbonyl (C=O) groups excluding carboxylic acids is 1. The fraction of sp³-hybridized carbons (Fsp3) is 0.556. The number of nitrogens with one attached hydrogen (secondary N) is 1. The molecule has 0 bridgehead atoms. The van der Waals surface area contributed by atoms with Crippen LogP contribution in [-0.2, 0) is 4.79 Å².